The van der Waals surface area contributed by atoms with Gasteiger partial charge < -0.3 is 4.90 Å². The van der Waals surface area contributed by atoms with E-state index in [9.17, 15) is 0 Å². The molecule has 1 nitrogen and oxygen atoms in total. The Hall–Kier alpha value is -6.18. The Morgan fingerprint density at radius 2 is 1.05 bits per heavy atom. The number of benzene rings is 8. The van der Waals surface area contributed by atoms with Crippen LogP contribution in [0.25, 0.3) is 55.3 Å². The summed E-state index contributed by atoms with van der Waals surface area (Å²) in [7, 11) is 0. The van der Waals surface area contributed by atoms with Crippen molar-refractivity contribution in [1.82, 2.24) is 0 Å². The summed E-state index contributed by atoms with van der Waals surface area (Å²) in [6, 6.07) is 64.8. The van der Waals surface area contributed by atoms with E-state index in [0.717, 1.165) is 0 Å². The topological polar surface area (TPSA) is 3.24 Å². The van der Waals surface area contributed by atoms with Crippen LogP contribution >= 0.6 is 0 Å². The minimum absolute atomic E-state index is 0.0744. The fraction of sp³-hybridized carbons (Fsp3) is 0.207. The molecular weight excluding hydrogens is 711 g/mol. The highest BCUT2D eigenvalue weighted by molar-refractivity contribution is 6.07. The van der Waals surface area contributed by atoms with Crippen molar-refractivity contribution >= 4 is 27.8 Å². The van der Waals surface area contributed by atoms with Gasteiger partial charge >= 0.3 is 0 Å². The van der Waals surface area contributed by atoms with Crippen LogP contribution in [-0.4, -0.2) is 0 Å². The molecule has 0 heterocycles. The molecule has 59 heavy (non-hydrogen) atoms. The van der Waals surface area contributed by atoms with Gasteiger partial charge in [-0.05, 0) is 127 Å². The van der Waals surface area contributed by atoms with Crippen LogP contribution in [-0.2, 0) is 10.8 Å². The molecule has 1 fully saturated rings. The molecular formula is C58H51N. The molecule has 0 aliphatic heterocycles. The van der Waals surface area contributed by atoms with Crippen molar-refractivity contribution in [1.29, 1.82) is 0 Å². The fourth-order valence-electron chi connectivity index (χ4n) is 11.2. The second kappa shape index (κ2) is 13.7. The molecule has 8 aromatic carbocycles. The first-order chi connectivity index (χ1) is 28.8. The lowest BCUT2D eigenvalue weighted by molar-refractivity contribution is 0.444. The summed E-state index contributed by atoms with van der Waals surface area (Å²) in [4.78, 5) is 2.59. The summed E-state index contributed by atoms with van der Waals surface area (Å²) in [6.07, 6.45) is 6.52. The smallest absolute Gasteiger partial charge is 0.0546 e. The zero-order valence-corrected chi connectivity index (χ0v) is 34.7. The minimum atomic E-state index is -0.109. The maximum Gasteiger partial charge on any atom is 0.0546 e. The summed E-state index contributed by atoms with van der Waals surface area (Å²) >= 11 is 0. The van der Waals surface area contributed by atoms with E-state index >= 15 is 0 Å². The van der Waals surface area contributed by atoms with Gasteiger partial charge in [0.25, 0.3) is 0 Å². The standard InChI is InChI=1S/C58H51N/c1-57(2)51-26-16-14-24-46(51)49-37-43(30-32-52(49)57)59(54-33-29-41(38-17-7-5-8-18-38)35-48(54)39-19-9-6-10-20-39)55-34-28-40-21-11-12-22-44(40)56(55)42-27-31-47-45-23-13-15-25-50(45)58(3,4)53(47)36-42/h6,9-16,19-38H,5,7-8,17-18H2,1-4H3. The molecule has 0 saturated heterocycles. The van der Waals surface area contributed by atoms with Gasteiger partial charge in [0.15, 0.2) is 0 Å². The second-order valence-electron chi connectivity index (χ2n) is 18.3. The number of hydrogen-bond donors (Lipinski definition) is 0. The van der Waals surface area contributed by atoms with Crippen LogP contribution in [0.4, 0.5) is 17.1 Å². The normalized spacial score (nSPS) is 16.0. The number of rotatable bonds is 6. The highest BCUT2D eigenvalue weighted by atomic mass is 15.1. The zero-order chi connectivity index (χ0) is 39.9. The summed E-state index contributed by atoms with van der Waals surface area (Å²) in [6.45, 7) is 9.53. The first-order valence-corrected chi connectivity index (χ1v) is 21.8. The fourth-order valence-corrected chi connectivity index (χ4v) is 11.2. The van der Waals surface area contributed by atoms with E-state index in [0.29, 0.717) is 5.92 Å². The highest BCUT2D eigenvalue weighted by Crippen LogP contribution is 2.55. The molecule has 8 aromatic rings. The lowest BCUT2D eigenvalue weighted by Crippen LogP contribution is -2.16. The third kappa shape index (κ3) is 5.65. The van der Waals surface area contributed by atoms with Gasteiger partial charge in [0, 0.05) is 27.6 Å². The Kier molecular flexibility index (Phi) is 8.35. The van der Waals surface area contributed by atoms with Gasteiger partial charge in [-0.15, -0.1) is 0 Å². The minimum Gasteiger partial charge on any atom is -0.309 e. The van der Waals surface area contributed by atoms with Crippen LogP contribution in [0, 0.1) is 0 Å². The highest BCUT2D eigenvalue weighted by Gasteiger charge is 2.37. The molecule has 11 rings (SSSR count). The Morgan fingerprint density at radius 3 is 1.83 bits per heavy atom. The summed E-state index contributed by atoms with van der Waals surface area (Å²) in [5.74, 6) is 0.600. The van der Waals surface area contributed by atoms with Crippen LogP contribution in [0.1, 0.15) is 93.5 Å². The van der Waals surface area contributed by atoms with Crippen molar-refractivity contribution in [2.75, 3.05) is 4.90 Å². The summed E-state index contributed by atoms with van der Waals surface area (Å²) < 4.78 is 0. The first-order valence-electron chi connectivity index (χ1n) is 21.8. The van der Waals surface area contributed by atoms with E-state index in [4.69, 9.17) is 0 Å². The maximum atomic E-state index is 2.59. The van der Waals surface area contributed by atoms with E-state index in [2.05, 4.69) is 202 Å². The van der Waals surface area contributed by atoms with Crippen molar-refractivity contribution in [3.05, 3.63) is 198 Å². The van der Waals surface area contributed by atoms with Gasteiger partial charge in [-0.2, -0.15) is 0 Å². The summed E-state index contributed by atoms with van der Waals surface area (Å²) in [5.41, 5.74) is 20.8. The average molecular weight is 762 g/mol. The van der Waals surface area contributed by atoms with Crippen molar-refractivity contribution in [2.24, 2.45) is 0 Å². The van der Waals surface area contributed by atoms with Crippen molar-refractivity contribution < 1.29 is 0 Å². The molecule has 0 bridgehead atoms. The maximum absolute atomic E-state index is 2.59. The van der Waals surface area contributed by atoms with Gasteiger partial charge in [-0.3, -0.25) is 0 Å². The van der Waals surface area contributed by atoms with Crippen molar-refractivity contribution in [3.8, 4) is 44.5 Å². The quantitative estimate of drug-likeness (QED) is 0.163. The Bertz CT molecular complexity index is 2920. The predicted octanol–water partition coefficient (Wildman–Crippen LogP) is 16.3. The molecule has 3 aliphatic carbocycles. The van der Waals surface area contributed by atoms with Gasteiger partial charge in [-0.1, -0.05) is 180 Å². The molecule has 3 aliphatic rings. The zero-order valence-electron chi connectivity index (χ0n) is 34.7. The van der Waals surface area contributed by atoms with Crippen LogP contribution in [0.5, 0.6) is 0 Å². The number of hydrogen-bond acceptors (Lipinski definition) is 1. The molecule has 1 saturated carbocycles. The first kappa shape index (κ1) is 35.9. The van der Waals surface area contributed by atoms with E-state index in [1.54, 1.807) is 0 Å². The van der Waals surface area contributed by atoms with Crippen molar-refractivity contribution in [3.63, 3.8) is 0 Å². The molecule has 0 spiro atoms. The average Bonchev–Trinajstić information content (AvgIpc) is 3.66. The molecule has 0 unspecified atom stereocenters. The number of anilines is 3. The lowest BCUT2D eigenvalue weighted by Gasteiger charge is -2.32. The van der Waals surface area contributed by atoms with E-state index in [1.165, 1.54) is 132 Å². The van der Waals surface area contributed by atoms with Gasteiger partial charge in [0.2, 0.25) is 0 Å². The molecule has 0 atom stereocenters. The molecule has 0 radical (unpaired) electrons. The Morgan fingerprint density at radius 1 is 0.424 bits per heavy atom. The largest absolute Gasteiger partial charge is 0.309 e. The molecule has 0 N–H and O–H groups in total. The van der Waals surface area contributed by atoms with Crippen LogP contribution in [0.15, 0.2) is 170 Å². The van der Waals surface area contributed by atoms with E-state index in [-0.39, 0.29) is 10.8 Å². The van der Waals surface area contributed by atoms with Gasteiger partial charge in [0.1, 0.15) is 0 Å². The predicted molar refractivity (Wildman–Crippen MR) is 250 cm³/mol. The molecule has 0 amide bonds. The number of fused-ring (bicyclic) bond motifs is 7. The lowest BCUT2D eigenvalue weighted by atomic mass is 9.81. The Labute approximate surface area is 350 Å². The molecule has 288 valence electrons. The Balaban J connectivity index is 1.20. The molecule has 0 aromatic heterocycles. The van der Waals surface area contributed by atoms with Crippen molar-refractivity contribution in [2.45, 2.75) is 76.5 Å². The van der Waals surface area contributed by atoms with E-state index in [1.807, 2.05) is 0 Å². The van der Waals surface area contributed by atoms with Crippen LogP contribution < -0.4 is 4.90 Å². The van der Waals surface area contributed by atoms with Gasteiger partial charge in [0.05, 0.1) is 11.4 Å². The van der Waals surface area contributed by atoms with E-state index < -0.39 is 0 Å². The van der Waals surface area contributed by atoms with Crippen LogP contribution in [0.3, 0.4) is 0 Å². The molecule has 1 heteroatoms. The summed E-state index contributed by atoms with van der Waals surface area (Å²) in [5, 5.41) is 2.51. The van der Waals surface area contributed by atoms with Crippen LogP contribution in [0.2, 0.25) is 0 Å². The van der Waals surface area contributed by atoms with Gasteiger partial charge in [-0.25, -0.2) is 0 Å². The number of nitrogens with zero attached hydrogens (tertiary/aromatic N) is 1. The third-order valence-corrected chi connectivity index (χ3v) is 14.3. The monoisotopic (exact) mass is 761 g/mol. The second-order valence-corrected chi connectivity index (χ2v) is 18.3. The third-order valence-electron chi connectivity index (χ3n) is 14.3. The SMILES string of the molecule is CC1(C)c2ccccc2-c2cc(N(c3ccc(C4CCCCC4)cc3-c3ccccc3)c3ccc4ccccc4c3-c3ccc4c(c3)C(C)(C)c3ccccc3-4)ccc21.